The molecule has 0 bridgehead atoms. The summed E-state index contributed by atoms with van der Waals surface area (Å²) in [5.41, 5.74) is -4.75. The maximum atomic E-state index is 14.3. The van der Waals surface area contributed by atoms with Crippen molar-refractivity contribution in [2.45, 2.75) is 80.2 Å². The summed E-state index contributed by atoms with van der Waals surface area (Å²) in [7, 11) is -5.76. The number of nitriles is 1. The number of amides is 3. The minimum absolute atomic E-state index is 0.114. The molecule has 246 valence electrons. The lowest BCUT2D eigenvalue weighted by atomic mass is 9.85. The van der Waals surface area contributed by atoms with Crippen LogP contribution in [0.1, 0.15) is 71.7 Å². The minimum atomic E-state index is -5.76. The van der Waals surface area contributed by atoms with Gasteiger partial charge >= 0.3 is 13.3 Å². The number of carbonyl (C=O) groups excluding carboxylic acids is 3. The molecule has 4 aliphatic rings. The van der Waals surface area contributed by atoms with Crippen LogP contribution < -0.4 is 5.32 Å². The Bertz CT molecular complexity index is 1850. The molecule has 1 saturated carbocycles. The van der Waals surface area contributed by atoms with Crippen molar-refractivity contribution in [1.82, 2.24) is 15.1 Å². The lowest BCUT2D eigenvalue weighted by Gasteiger charge is -2.35. The van der Waals surface area contributed by atoms with Crippen LogP contribution in [0.2, 0.25) is 0 Å². The largest absolute Gasteiger partial charge is 0.399 e. The molecule has 0 radical (unpaired) electrons. The van der Waals surface area contributed by atoms with Gasteiger partial charge in [-0.15, -0.1) is 11.3 Å². The van der Waals surface area contributed by atoms with Gasteiger partial charge < -0.3 is 24.9 Å². The van der Waals surface area contributed by atoms with Crippen LogP contribution in [0.15, 0.2) is 54.6 Å². The predicted molar refractivity (Wildman–Crippen MR) is 168 cm³/mol. The standard InChI is InChI=1S/C33H33F2N4O6PS/c34-33(35,46(43,44)45)21-9-12-27-20(15-21)16-28(47-27)29(40)37-25-8-4-7-22-10-11-26(39(22)30(25)41)31(42)38-18-23(19-5-2-1-3-6-19)24(17-36)32(38)13-14-32/h1-3,5-6,9,12,15-16,22-26H,4,7-8,10-11,13-14,18H2,(H,37,40)(H2,43,44,45)/t22-,23-,24-,25-,26-/m0/s1. The Morgan fingerprint density at radius 2 is 1.81 bits per heavy atom. The van der Waals surface area contributed by atoms with Gasteiger partial charge in [-0.2, -0.15) is 14.0 Å². The summed E-state index contributed by atoms with van der Waals surface area (Å²) < 4.78 is 40.4. The molecule has 1 aliphatic carbocycles. The van der Waals surface area contributed by atoms with Gasteiger partial charge in [0.15, 0.2) is 0 Å². The first kappa shape index (κ1) is 31.9. The number of nitrogens with zero attached hydrogens (tertiary/aromatic N) is 3. The average Bonchev–Trinajstić information content (AvgIpc) is 3.42. The van der Waals surface area contributed by atoms with Crippen molar-refractivity contribution in [2.24, 2.45) is 5.92 Å². The lowest BCUT2D eigenvalue weighted by Crippen LogP contribution is -2.56. The van der Waals surface area contributed by atoms with Crippen LogP contribution >= 0.6 is 18.9 Å². The lowest BCUT2D eigenvalue weighted by molar-refractivity contribution is -0.147. The van der Waals surface area contributed by atoms with Gasteiger partial charge in [0.25, 0.3) is 5.91 Å². The molecule has 14 heteroatoms. The number of benzene rings is 2. The van der Waals surface area contributed by atoms with E-state index in [-0.39, 0.29) is 40.0 Å². The monoisotopic (exact) mass is 682 g/mol. The normalized spacial score (nSPS) is 27.0. The molecule has 4 fully saturated rings. The fourth-order valence-corrected chi connectivity index (χ4v) is 9.33. The second kappa shape index (κ2) is 11.5. The van der Waals surface area contributed by atoms with E-state index in [2.05, 4.69) is 11.4 Å². The van der Waals surface area contributed by atoms with Gasteiger partial charge in [0.1, 0.15) is 12.1 Å². The molecule has 2 aromatic carbocycles. The van der Waals surface area contributed by atoms with Crippen LogP contribution in [0.4, 0.5) is 8.78 Å². The first-order valence-electron chi connectivity index (χ1n) is 15.7. The van der Waals surface area contributed by atoms with Crippen molar-refractivity contribution in [2.75, 3.05) is 6.54 Å². The Morgan fingerprint density at radius 3 is 2.49 bits per heavy atom. The second-order valence-electron chi connectivity index (χ2n) is 13.1. The van der Waals surface area contributed by atoms with E-state index in [1.54, 1.807) is 4.90 Å². The van der Waals surface area contributed by atoms with Crippen LogP contribution in [0.5, 0.6) is 0 Å². The number of carbonyl (C=O) groups is 3. The molecule has 5 atom stereocenters. The van der Waals surface area contributed by atoms with Crippen LogP contribution in [-0.4, -0.2) is 67.5 Å². The number of fused-ring (bicyclic) bond motifs is 2. The Kier molecular flexibility index (Phi) is 7.79. The maximum absolute atomic E-state index is 14.3. The quantitative estimate of drug-likeness (QED) is 0.307. The maximum Gasteiger partial charge on any atom is 0.399 e. The number of thiophene rings is 1. The number of alkyl halides is 2. The van der Waals surface area contributed by atoms with E-state index in [4.69, 9.17) is 9.79 Å². The summed E-state index contributed by atoms with van der Waals surface area (Å²) in [6.45, 7) is 0.415. The van der Waals surface area contributed by atoms with E-state index < -0.39 is 42.4 Å². The molecule has 0 unspecified atom stereocenters. The molecule has 3 aromatic rings. The van der Waals surface area contributed by atoms with E-state index >= 15 is 0 Å². The molecule has 1 aromatic heterocycles. The Balaban J connectivity index is 1.10. The van der Waals surface area contributed by atoms with Crippen LogP contribution in [-0.2, 0) is 19.8 Å². The molecule has 3 amide bonds. The van der Waals surface area contributed by atoms with Gasteiger partial charge in [-0.3, -0.25) is 18.9 Å². The van der Waals surface area contributed by atoms with Crippen LogP contribution in [0.3, 0.4) is 0 Å². The van der Waals surface area contributed by atoms with Gasteiger partial charge in [-0.05, 0) is 74.1 Å². The van der Waals surface area contributed by atoms with Crippen LogP contribution in [0.25, 0.3) is 10.1 Å². The highest BCUT2D eigenvalue weighted by molar-refractivity contribution is 7.52. The summed E-state index contributed by atoms with van der Waals surface area (Å²) in [5.74, 6) is -1.50. The number of likely N-dealkylation sites (tertiary alicyclic amines) is 1. The van der Waals surface area contributed by atoms with Gasteiger partial charge in [0.05, 0.1) is 22.4 Å². The highest BCUT2D eigenvalue weighted by Gasteiger charge is 2.64. The summed E-state index contributed by atoms with van der Waals surface area (Å²) in [5, 5.41) is 13.2. The van der Waals surface area contributed by atoms with Gasteiger partial charge in [-0.25, -0.2) is 0 Å². The zero-order valence-corrected chi connectivity index (χ0v) is 26.9. The van der Waals surface area contributed by atoms with Crippen molar-refractivity contribution < 1.29 is 37.5 Å². The van der Waals surface area contributed by atoms with Gasteiger partial charge in [0, 0.05) is 28.8 Å². The van der Waals surface area contributed by atoms with Gasteiger partial charge in [-0.1, -0.05) is 36.4 Å². The predicted octanol–water partition coefficient (Wildman–Crippen LogP) is 5.07. The Morgan fingerprint density at radius 1 is 1.06 bits per heavy atom. The van der Waals surface area contributed by atoms with Crippen molar-refractivity contribution in [3.05, 3.63) is 70.6 Å². The molecule has 47 heavy (non-hydrogen) atoms. The summed E-state index contributed by atoms with van der Waals surface area (Å²) >= 11 is 1.01. The van der Waals surface area contributed by atoms with E-state index in [1.165, 1.54) is 12.1 Å². The molecular weight excluding hydrogens is 649 g/mol. The number of nitrogens with one attached hydrogen (secondary N) is 1. The molecule has 1 spiro atoms. The highest BCUT2D eigenvalue weighted by atomic mass is 32.1. The third kappa shape index (κ3) is 5.26. The van der Waals surface area contributed by atoms with Crippen molar-refractivity contribution in [3.8, 4) is 6.07 Å². The number of rotatable bonds is 6. The van der Waals surface area contributed by atoms with E-state index in [0.717, 1.165) is 41.9 Å². The van der Waals surface area contributed by atoms with E-state index in [1.807, 2.05) is 35.2 Å². The third-order valence-corrected chi connectivity index (χ3v) is 12.5. The van der Waals surface area contributed by atoms with E-state index in [0.29, 0.717) is 43.3 Å². The molecule has 4 heterocycles. The first-order chi connectivity index (χ1) is 22.4. The molecule has 3 aliphatic heterocycles. The first-order valence-corrected chi connectivity index (χ1v) is 18.2. The Labute approximate surface area is 273 Å². The highest BCUT2D eigenvalue weighted by Crippen LogP contribution is 2.60. The van der Waals surface area contributed by atoms with Crippen LogP contribution in [0, 0.1) is 17.2 Å². The minimum Gasteiger partial charge on any atom is -0.340 e. The van der Waals surface area contributed by atoms with E-state index in [9.17, 15) is 33.0 Å². The van der Waals surface area contributed by atoms with Gasteiger partial charge in [0.2, 0.25) is 11.8 Å². The number of hydrogen-bond acceptors (Lipinski definition) is 6. The van der Waals surface area contributed by atoms with Crippen molar-refractivity contribution in [3.63, 3.8) is 0 Å². The zero-order valence-electron chi connectivity index (χ0n) is 25.2. The fourth-order valence-electron chi connectivity index (χ4n) is 7.91. The fraction of sp³-hybridized carbons (Fsp3) is 0.455. The number of halogens is 2. The molecule has 10 nitrogen and oxygen atoms in total. The SMILES string of the molecule is N#C[C@H]1[C@H](c2ccccc2)CN(C(=O)[C@@H]2CC[C@@H]3CCC[C@H](NC(=O)c4cc5cc(C(F)(F)P(=O)(O)O)ccc5s4)C(=O)N32)C12CC2. The second-order valence-corrected chi connectivity index (χ2v) is 15.8. The molecule has 3 saturated heterocycles. The summed E-state index contributed by atoms with van der Waals surface area (Å²) in [6.07, 6.45) is 4.40. The topological polar surface area (TPSA) is 151 Å². The summed E-state index contributed by atoms with van der Waals surface area (Å²) in [6, 6.07) is 15.1. The number of hydrogen-bond donors (Lipinski definition) is 3. The van der Waals surface area contributed by atoms with Crippen molar-refractivity contribution in [1.29, 1.82) is 5.26 Å². The van der Waals surface area contributed by atoms with Crippen molar-refractivity contribution >= 4 is 46.7 Å². The average molecular weight is 683 g/mol. The smallest absolute Gasteiger partial charge is 0.340 e. The zero-order chi connectivity index (χ0) is 33.3. The third-order valence-electron chi connectivity index (χ3n) is 10.4. The summed E-state index contributed by atoms with van der Waals surface area (Å²) in [4.78, 5) is 63.6. The molecular formula is C33H33F2N4O6PS. The molecule has 7 rings (SSSR count). The molecule has 3 N–H and O–H groups in total. The Hall–Kier alpha value is -3.69.